The molecule has 1 atom stereocenters. The molecule has 120 valence electrons. The zero-order valence-corrected chi connectivity index (χ0v) is 14.5. The second-order valence-corrected chi connectivity index (χ2v) is 6.39. The molecule has 1 amide bonds. The molecule has 1 N–H and O–H groups in total. The fraction of sp³-hybridized carbons (Fsp3) is 0.278. The molecule has 5 heteroatoms. The van der Waals surface area contributed by atoms with Gasteiger partial charge in [0.2, 0.25) is 0 Å². The predicted octanol–water partition coefficient (Wildman–Crippen LogP) is 3.24. The number of hydrogen-bond donors (Lipinski definition) is 1. The molecule has 3 rings (SSSR count). The van der Waals surface area contributed by atoms with Gasteiger partial charge in [0.1, 0.15) is 5.75 Å². The lowest BCUT2D eigenvalue weighted by Crippen LogP contribution is -2.48. The summed E-state index contributed by atoms with van der Waals surface area (Å²) in [7, 11) is 1.66. The van der Waals surface area contributed by atoms with Gasteiger partial charge in [-0.3, -0.25) is 4.79 Å². The number of rotatable bonds is 3. The highest BCUT2D eigenvalue weighted by Crippen LogP contribution is 2.31. The van der Waals surface area contributed by atoms with E-state index in [4.69, 9.17) is 4.74 Å². The van der Waals surface area contributed by atoms with Crippen molar-refractivity contribution in [3.63, 3.8) is 0 Å². The number of carbonyl (C=O) groups is 1. The number of hydrogen-bond acceptors (Lipinski definition) is 3. The lowest BCUT2D eigenvalue weighted by Gasteiger charge is -2.37. The molecule has 4 nitrogen and oxygen atoms in total. The Morgan fingerprint density at radius 2 is 2.09 bits per heavy atom. The SMILES string of the molecule is COc1ccccc1C1CNCCN1C(=O)c1cccc(Br)c1. The van der Waals surface area contributed by atoms with E-state index < -0.39 is 0 Å². The van der Waals surface area contributed by atoms with Gasteiger partial charge in [-0.05, 0) is 24.3 Å². The van der Waals surface area contributed by atoms with Crippen molar-refractivity contribution in [1.82, 2.24) is 10.2 Å². The van der Waals surface area contributed by atoms with E-state index in [0.29, 0.717) is 12.1 Å². The normalized spacial score (nSPS) is 17.8. The van der Waals surface area contributed by atoms with E-state index >= 15 is 0 Å². The number of benzene rings is 2. The van der Waals surface area contributed by atoms with E-state index in [1.54, 1.807) is 7.11 Å². The van der Waals surface area contributed by atoms with Gasteiger partial charge in [0, 0.05) is 35.2 Å². The van der Waals surface area contributed by atoms with Gasteiger partial charge < -0.3 is 15.0 Å². The Labute approximate surface area is 144 Å². The topological polar surface area (TPSA) is 41.6 Å². The van der Waals surface area contributed by atoms with E-state index in [1.807, 2.05) is 53.4 Å². The maximum atomic E-state index is 13.0. The first-order chi connectivity index (χ1) is 11.2. The highest BCUT2D eigenvalue weighted by Gasteiger charge is 2.30. The van der Waals surface area contributed by atoms with E-state index in [9.17, 15) is 4.79 Å². The van der Waals surface area contributed by atoms with Gasteiger partial charge in [-0.25, -0.2) is 0 Å². The second kappa shape index (κ2) is 7.15. The van der Waals surface area contributed by atoms with Crippen molar-refractivity contribution in [1.29, 1.82) is 0 Å². The van der Waals surface area contributed by atoms with Crippen molar-refractivity contribution >= 4 is 21.8 Å². The van der Waals surface area contributed by atoms with Gasteiger partial charge in [0.25, 0.3) is 5.91 Å². The molecule has 0 aliphatic carbocycles. The van der Waals surface area contributed by atoms with Gasteiger partial charge >= 0.3 is 0 Å². The van der Waals surface area contributed by atoms with Gasteiger partial charge in [-0.2, -0.15) is 0 Å². The molecule has 2 aromatic rings. The van der Waals surface area contributed by atoms with Crippen LogP contribution < -0.4 is 10.1 Å². The van der Waals surface area contributed by atoms with Gasteiger partial charge in [0.05, 0.1) is 13.2 Å². The Hall–Kier alpha value is -1.85. The van der Waals surface area contributed by atoms with Crippen LogP contribution in [0.25, 0.3) is 0 Å². The van der Waals surface area contributed by atoms with Crippen molar-refractivity contribution in [3.8, 4) is 5.75 Å². The van der Waals surface area contributed by atoms with Crippen LogP contribution in [-0.4, -0.2) is 37.6 Å². The average molecular weight is 375 g/mol. The number of amides is 1. The minimum atomic E-state index is -0.0358. The zero-order valence-electron chi connectivity index (χ0n) is 13.0. The van der Waals surface area contributed by atoms with Crippen LogP contribution in [-0.2, 0) is 0 Å². The molecular formula is C18H19BrN2O2. The van der Waals surface area contributed by atoms with Crippen LogP contribution in [0.15, 0.2) is 53.0 Å². The highest BCUT2D eigenvalue weighted by atomic mass is 79.9. The fourth-order valence-electron chi connectivity index (χ4n) is 2.95. The average Bonchev–Trinajstić information content (AvgIpc) is 2.61. The molecule has 1 saturated heterocycles. The third-order valence-corrected chi connectivity index (χ3v) is 4.57. The number of halogens is 1. The third-order valence-electron chi connectivity index (χ3n) is 4.07. The Balaban J connectivity index is 1.94. The van der Waals surface area contributed by atoms with Crippen LogP contribution in [0.1, 0.15) is 22.0 Å². The number of nitrogens with zero attached hydrogens (tertiary/aromatic N) is 1. The first kappa shape index (κ1) is 16.0. The molecule has 1 aliphatic heterocycles. The molecule has 0 radical (unpaired) electrons. The van der Waals surface area contributed by atoms with Gasteiger partial charge in [0.15, 0.2) is 0 Å². The number of carbonyl (C=O) groups excluding carboxylic acids is 1. The molecule has 0 spiro atoms. The predicted molar refractivity (Wildman–Crippen MR) is 93.8 cm³/mol. The third kappa shape index (κ3) is 3.41. The van der Waals surface area contributed by atoms with Crippen molar-refractivity contribution < 1.29 is 9.53 Å². The number of nitrogens with one attached hydrogen (secondary N) is 1. The van der Waals surface area contributed by atoms with E-state index in [0.717, 1.165) is 28.9 Å². The van der Waals surface area contributed by atoms with Crippen LogP contribution in [0.3, 0.4) is 0 Å². The lowest BCUT2D eigenvalue weighted by atomic mass is 10.0. The smallest absolute Gasteiger partial charge is 0.254 e. The first-order valence-corrected chi connectivity index (χ1v) is 8.40. The highest BCUT2D eigenvalue weighted by molar-refractivity contribution is 9.10. The van der Waals surface area contributed by atoms with Crippen LogP contribution in [0.2, 0.25) is 0 Å². The lowest BCUT2D eigenvalue weighted by molar-refractivity contribution is 0.0631. The Morgan fingerprint density at radius 1 is 1.26 bits per heavy atom. The molecule has 0 aromatic heterocycles. The van der Waals surface area contributed by atoms with E-state index in [1.165, 1.54) is 0 Å². The summed E-state index contributed by atoms with van der Waals surface area (Å²) in [5, 5.41) is 3.37. The molecule has 1 unspecified atom stereocenters. The summed E-state index contributed by atoms with van der Waals surface area (Å²) in [6, 6.07) is 15.4. The van der Waals surface area contributed by atoms with Gasteiger partial charge in [-0.1, -0.05) is 40.2 Å². The second-order valence-electron chi connectivity index (χ2n) is 5.47. The van der Waals surface area contributed by atoms with Crippen molar-refractivity contribution in [3.05, 3.63) is 64.1 Å². The van der Waals surface area contributed by atoms with Gasteiger partial charge in [-0.15, -0.1) is 0 Å². The standard InChI is InChI=1S/C18H19BrN2O2/c1-23-17-8-3-2-7-15(17)16-12-20-9-10-21(16)18(22)13-5-4-6-14(19)11-13/h2-8,11,16,20H,9-10,12H2,1H3. The minimum Gasteiger partial charge on any atom is -0.496 e. The molecule has 1 fully saturated rings. The largest absolute Gasteiger partial charge is 0.496 e. The van der Waals surface area contributed by atoms with Crippen LogP contribution in [0.4, 0.5) is 0 Å². The first-order valence-electron chi connectivity index (χ1n) is 7.61. The quantitative estimate of drug-likeness (QED) is 0.896. The monoisotopic (exact) mass is 374 g/mol. The number of methoxy groups -OCH3 is 1. The maximum Gasteiger partial charge on any atom is 0.254 e. The number of piperazine rings is 1. The molecule has 23 heavy (non-hydrogen) atoms. The van der Waals surface area contributed by atoms with Crippen molar-refractivity contribution in [2.75, 3.05) is 26.7 Å². The number of para-hydroxylation sites is 1. The Bertz CT molecular complexity index is 705. The summed E-state index contributed by atoms with van der Waals surface area (Å²) in [4.78, 5) is 14.9. The maximum absolute atomic E-state index is 13.0. The van der Waals surface area contributed by atoms with Crippen LogP contribution in [0.5, 0.6) is 5.75 Å². The van der Waals surface area contributed by atoms with E-state index in [2.05, 4.69) is 21.2 Å². The summed E-state index contributed by atoms with van der Waals surface area (Å²) in [5.74, 6) is 0.858. The van der Waals surface area contributed by atoms with E-state index in [-0.39, 0.29) is 11.9 Å². The molecule has 1 heterocycles. The molecule has 0 bridgehead atoms. The van der Waals surface area contributed by atoms with Crippen molar-refractivity contribution in [2.24, 2.45) is 0 Å². The minimum absolute atomic E-state index is 0.0358. The zero-order chi connectivity index (χ0) is 16.2. The van der Waals surface area contributed by atoms with Crippen LogP contribution >= 0.6 is 15.9 Å². The molecular weight excluding hydrogens is 356 g/mol. The summed E-state index contributed by atoms with van der Waals surface area (Å²) in [6.45, 7) is 2.19. The number of ether oxygens (including phenoxy) is 1. The molecule has 1 aliphatic rings. The molecule has 0 saturated carbocycles. The Morgan fingerprint density at radius 3 is 2.87 bits per heavy atom. The summed E-state index contributed by atoms with van der Waals surface area (Å²) in [5.41, 5.74) is 1.73. The van der Waals surface area contributed by atoms with Crippen molar-refractivity contribution in [2.45, 2.75) is 6.04 Å². The molecule has 2 aromatic carbocycles. The van der Waals surface area contributed by atoms with Crippen LogP contribution in [0, 0.1) is 0 Å². The fourth-order valence-corrected chi connectivity index (χ4v) is 3.35. The summed E-state index contributed by atoms with van der Waals surface area (Å²) < 4.78 is 6.39. The summed E-state index contributed by atoms with van der Waals surface area (Å²) in [6.07, 6.45) is 0. The summed E-state index contributed by atoms with van der Waals surface area (Å²) >= 11 is 3.43. The Kier molecular flexibility index (Phi) is 4.98.